The summed E-state index contributed by atoms with van der Waals surface area (Å²) in [6.45, 7) is 0.560. The number of nitrogens with zero attached hydrogens (tertiary/aromatic N) is 2. The molecule has 1 amide bonds. The first-order chi connectivity index (χ1) is 16.1. The number of rotatable bonds is 7. The Morgan fingerprint density at radius 1 is 1.03 bits per heavy atom. The molecule has 168 valence electrons. The van der Waals surface area contributed by atoms with Gasteiger partial charge in [-0.15, -0.1) is 0 Å². The van der Waals surface area contributed by atoms with Crippen LogP contribution in [0.4, 0.5) is 11.4 Å². The SMILES string of the molecule is COc1c(-c2ccc(-c3ccc(NCCO)cc3)cc2)nc2c(N)cncc2c1C(=O)NO. The molecule has 6 N–H and O–H groups in total. The number of benzene rings is 2. The molecule has 33 heavy (non-hydrogen) atoms. The molecule has 0 fully saturated rings. The van der Waals surface area contributed by atoms with Crippen molar-refractivity contribution in [2.75, 3.05) is 31.3 Å². The number of hydroxylamine groups is 1. The Balaban J connectivity index is 1.77. The second kappa shape index (κ2) is 9.51. The van der Waals surface area contributed by atoms with Crippen molar-refractivity contribution in [1.82, 2.24) is 15.4 Å². The van der Waals surface area contributed by atoms with Crippen LogP contribution in [0.3, 0.4) is 0 Å². The normalized spacial score (nSPS) is 10.8. The zero-order chi connectivity index (χ0) is 23.4. The van der Waals surface area contributed by atoms with Crippen molar-refractivity contribution >= 4 is 28.2 Å². The van der Waals surface area contributed by atoms with Gasteiger partial charge in [-0.3, -0.25) is 15.0 Å². The summed E-state index contributed by atoms with van der Waals surface area (Å²) in [5.74, 6) is -0.548. The van der Waals surface area contributed by atoms with Crippen molar-refractivity contribution in [3.8, 4) is 28.1 Å². The Morgan fingerprint density at radius 3 is 2.27 bits per heavy atom. The van der Waals surface area contributed by atoms with Crippen LogP contribution in [-0.4, -0.2) is 46.5 Å². The minimum atomic E-state index is -0.751. The van der Waals surface area contributed by atoms with Crippen LogP contribution in [0, 0.1) is 0 Å². The molecule has 0 saturated heterocycles. The average Bonchev–Trinajstić information content (AvgIpc) is 2.86. The summed E-state index contributed by atoms with van der Waals surface area (Å²) >= 11 is 0. The minimum Gasteiger partial charge on any atom is -0.494 e. The number of pyridine rings is 2. The predicted octanol–water partition coefficient (Wildman–Crippen LogP) is 3.08. The lowest BCUT2D eigenvalue weighted by Crippen LogP contribution is -2.20. The second-order valence-electron chi connectivity index (χ2n) is 7.24. The number of nitrogen functional groups attached to an aromatic ring is 1. The van der Waals surface area contributed by atoms with Crippen LogP contribution in [0.5, 0.6) is 5.75 Å². The number of aromatic nitrogens is 2. The molecule has 0 unspecified atom stereocenters. The Bertz CT molecular complexity index is 1290. The highest BCUT2D eigenvalue weighted by Crippen LogP contribution is 2.38. The maximum absolute atomic E-state index is 12.5. The van der Waals surface area contributed by atoms with E-state index in [1.54, 1.807) is 5.48 Å². The fourth-order valence-electron chi connectivity index (χ4n) is 3.66. The number of nitrogens with one attached hydrogen (secondary N) is 2. The van der Waals surface area contributed by atoms with E-state index in [0.29, 0.717) is 34.4 Å². The molecule has 0 spiro atoms. The van der Waals surface area contributed by atoms with Crippen LogP contribution < -0.4 is 21.3 Å². The smallest absolute Gasteiger partial charge is 0.279 e. The summed E-state index contributed by atoms with van der Waals surface area (Å²) in [5, 5.41) is 21.7. The first kappa shape index (κ1) is 22.0. The summed E-state index contributed by atoms with van der Waals surface area (Å²) in [6.07, 6.45) is 2.91. The molecule has 2 aromatic heterocycles. The molecular weight excluding hydrogens is 422 g/mol. The Kier molecular flexibility index (Phi) is 6.34. The maximum Gasteiger partial charge on any atom is 0.279 e. The zero-order valence-electron chi connectivity index (χ0n) is 17.9. The quantitative estimate of drug-likeness (QED) is 0.216. The van der Waals surface area contributed by atoms with Gasteiger partial charge in [-0.05, 0) is 23.3 Å². The number of amides is 1. The van der Waals surface area contributed by atoms with Crippen LogP contribution in [0.25, 0.3) is 33.3 Å². The fraction of sp³-hybridized carbons (Fsp3) is 0.125. The molecule has 0 bridgehead atoms. The second-order valence-corrected chi connectivity index (χ2v) is 7.24. The van der Waals surface area contributed by atoms with Gasteiger partial charge >= 0.3 is 0 Å². The molecule has 0 atom stereocenters. The van der Waals surface area contributed by atoms with Gasteiger partial charge in [0.1, 0.15) is 5.69 Å². The molecule has 0 radical (unpaired) electrons. The fourth-order valence-corrected chi connectivity index (χ4v) is 3.66. The summed E-state index contributed by atoms with van der Waals surface area (Å²) in [5.41, 5.74) is 12.6. The van der Waals surface area contributed by atoms with Gasteiger partial charge in [-0.25, -0.2) is 10.5 Å². The van der Waals surface area contributed by atoms with Crippen molar-refractivity contribution in [3.05, 3.63) is 66.5 Å². The highest BCUT2D eigenvalue weighted by molar-refractivity contribution is 6.11. The zero-order valence-corrected chi connectivity index (χ0v) is 17.9. The first-order valence-electron chi connectivity index (χ1n) is 10.2. The number of anilines is 2. The first-order valence-corrected chi connectivity index (χ1v) is 10.2. The third-order valence-corrected chi connectivity index (χ3v) is 5.23. The Hall–Kier alpha value is -4.21. The van der Waals surface area contributed by atoms with Gasteiger partial charge in [0.25, 0.3) is 5.91 Å². The number of nitrogens with two attached hydrogens (primary N) is 1. The summed E-state index contributed by atoms with van der Waals surface area (Å²) < 4.78 is 5.53. The Morgan fingerprint density at radius 2 is 1.67 bits per heavy atom. The number of aliphatic hydroxyl groups is 1. The Labute approximate surface area is 189 Å². The van der Waals surface area contributed by atoms with Crippen LogP contribution >= 0.6 is 0 Å². The van der Waals surface area contributed by atoms with E-state index in [2.05, 4.69) is 15.3 Å². The lowest BCUT2D eigenvalue weighted by molar-refractivity contribution is 0.0705. The predicted molar refractivity (Wildman–Crippen MR) is 126 cm³/mol. The van der Waals surface area contributed by atoms with Crippen molar-refractivity contribution in [2.24, 2.45) is 0 Å². The molecule has 2 aromatic carbocycles. The monoisotopic (exact) mass is 445 g/mol. The molecular formula is C24H23N5O4. The number of fused-ring (bicyclic) bond motifs is 1. The number of carbonyl (C=O) groups is 1. The topological polar surface area (TPSA) is 143 Å². The molecule has 0 aliphatic rings. The van der Waals surface area contributed by atoms with Gasteiger partial charge in [0.2, 0.25) is 0 Å². The number of ether oxygens (including phenoxy) is 1. The van der Waals surface area contributed by atoms with E-state index < -0.39 is 5.91 Å². The standard InChI is InChI=1S/C24H23N5O4/c1-33-23-20(24(31)29-32)18-12-26-13-19(25)22(18)28-21(23)16-4-2-14(3-5-16)15-6-8-17(9-7-15)27-10-11-30/h2-9,12-13,27,30,32H,10-11,25H2,1H3,(H,29,31). The summed E-state index contributed by atoms with van der Waals surface area (Å²) in [6, 6.07) is 15.5. The van der Waals surface area contributed by atoms with Crippen LogP contribution in [-0.2, 0) is 0 Å². The highest BCUT2D eigenvalue weighted by atomic mass is 16.5. The van der Waals surface area contributed by atoms with Crippen molar-refractivity contribution in [1.29, 1.82) is 0 Å². The summed E-state index contributed by atoms with van der Waals surface area (Å²) in [7, 11) is 1.43. The van der Waals surface area contributed by atoms with Crippen molar-refractivity contribution in [2.45, 2.75) is 0 Å². The van der Waals surface area contributed by atoms with Gasteiger partial charge in [-0.1, -0.05) is 36.4 Å². The number of carbonyl (C=O) groups excluding carboxylic acids is 1. The average molecular weight is 445 g/mol. The van der Waals surface area contributed by atoms with Gasteiger partial charge in [-0.2, -0.15) is 0 Å². The number of hydrogen-bond acceptors (Lipinski definition) is 8. The third kappa shape index (κ3) is 4.27. The third-order valence-electron chi connectivity index (χ3n) is 5.23. The van der Waals surface area contributed by atoms with Crippen LogP contribution in [0.1, 0.15) is 10.4 Å². The molecule has 9 heteroatoms. The largest absolute Gasteiger partial charge is 0.494 e. The van der Waals surface area contributed by atoms with E-state index in [9.17, 15) is 10.0 Å². The van der Waals surface area contributed by atoms with Crippen molar-refractivity contribution < 1.29 is 19.8 Å². The van der Waals surface area contributed by atoms with Gasteiger partial charge in [0.05, 0.1) is 36.7 Å². The van der Waals surface area contributed by atoms with E-state index in [0.717, 1.165) is 16.8 Å². The number of methoxy groups -OCH3 is 1. The maximum atomic E-state index is 12.5. The lowest BCUT2D eigenvalue weighted by Gasteiger charge is -2.16. The molecule has 0 aliphatic heterocycles. The van der Waals surface area contributed by atoms with Crippen LogP contribution in [0.2, 0.25) is 0 Å². The minimum absolute atomic E-state index is 0.0688. The van der Waals surface area contributed by atoms with Crippen molar-refractivity contribution in [3.63, 3.8) is 0 Å². The number of hydrogen-bond donors (Lipinski definition) is 5. The van der Waals surface area contributed by atoms with Crippen LogP contribution in [0.15, 0.2) is 60.9 Å². The van der Waals surface area contributed by atoms with Gasteiger partial charge in [0, 0.05) is 29.4 Å². The number of aliphatic hydroxyl groups excluding tert-OH is 1. The van der Waals surface area contributed by atoms with E-state index in [1.165, 1.54) is 19.5 Å². The van der Waals surface area contributed by atoms with Gasteiger partial charge in [0.15, 0.2) is 5.75 Å². The van der Waals surface area contributed by atoms with E-state index in [1.807, 2.05) is 48.5 Å². The molecule has 4 rings (SSSR count). The molecule has 2 heterocycles. The van der Waals surface area contributed by atoms with E-state index in [4.69, 9.17) is 15.6 Å². The van der Waals surface area contributed by atoms with E-state index >= 15 is 0 Å². The lowest BCUT2D eigenvalue weighted by atomic mass is 9.99. The van der Waals surface area contributed by atoms with Gasteiger partial charge < -0.3 is 20.9 Å². The summed E-state index contributed by atoms with van der Waals surface area (Å²) in [4.78, 5) is 21.2. The molecule has 4 aromatic rings. The molecule has 9 nitrogen and oxygen atoms in total. The van der Waals surface area contributed by atoms with E-state index in [-0.39, 0.29) is 17.9 Å². The molecule has 0 aliphatic carbocycles. The molecule has 0 saturated carbocycles. The highest BCUT2D eigenvalue weighted by Gasteiger charge is 2.23.